The molecule has 0 unspecified atom stereocenters. The van der Waals surface area contributed by atoms with Gasteiger partial charge in [-0.15, -0.1) is 0 Å². The molecule has 0 aliphatic heterocycles. The molecule has 1 rings (SSSR count). The molecule has 1 aliphatic rings. The van der Waals surface area contributed by atoms with Crippen LogP contribution >= 0.6 is 0 Å². The van der Waals surface area contributed by atoms with Crippen molar-refractivity contribution in [3.63, 3.8) is 0 Å². The fourth-order valence-electron chi connectivity index (χ4n) is 1.67. The van der Waals surface area contributed by atoms with E-state index in [2.05, 4.69) is 0 Å². The minimum atomic E-state index is -1.26. The van der Waals surface area contributed by atoms with Gasteiger partial charge in [0.05, 0.1) is 0 Å². The number of hydrogen-bond donors (Lipinski definition) is 3. The Balaban J connectivity index is 0.000000472. The van der Waals surface area contributed by atoms with E-state index in [1.807, 2.05) is 0 Å². The summed E-state index contributed by atoms with van der Waals surface area (Å²) in [7, 11) is 0. The van der Waals surface area contributed by atoms with Gasteiger partial charge in [0.2, 0.25) is 0 Å². The first-order valence-electron chi connectivity index (χ1n) is 6.57. The van der Waals surface area contributed by atoms with E-state index in [4.69, 9.17) is 20.1 Å². The summed E-state index contributed by atoms with van der Waals surface area (Å²) in [5, 5.41) is 23.9. The third-order valence-corrected chi connectivity index (χ3v) is 2.57. The van der Waals surface area contributed by atoms with Crippen molar-refractivity contribution in [3.05, 3.63) is 24.3 Å². The first-order chi connectivity index (χ1) is 10.3. The lowest BCUT2D eigenvalue weighted by Crippen LogP contribution is -2.19. The van der Waals surface area contributed by atoms with Crippen molar-refractivity contribution in [2.75, 3.05) is 0 Å². The van der Waals surface area contributed by atoms with Crippen molar-refractivity contribution in [2.24, 2.45) is 0 Å². The van der Waals surface area contributed by atoms with Crippen molar-refractivity contribution in [3.8, 4) is 0 Å². The summed E-state index contributed by atoms with van der Waals surface area (Å²) in [5.41, 5.74) is 0. The van der Waals surface area contributed by atoms with Crippen LogP contribution in [0.4, 0.5) is 0 Å². The lowest BCUT2D eigenvalue weighted by molar-refractivity contribution is -0.145. The molecule has 1 aliphatic carbocycles. The van der Waals surface area contributed by atoms with Crippen LogP contribution in [0, 0.1) is 0 Å². The van der Waals surface area contributed by atoms with Gasteiger partial charge in [-0.2, -0.15) is 0 Å². The molecule has 0 aromatic carbocycles. The Bertz CT molecular complexity index is 441. The van der Waals surface area contributed by atoms with E-state index in [1.54, 1.807) is 0 Å². The molecular weight excluding hydrogens is 296 g/mol. The molecule has 0 radical (unpaired) electrons. The highest BCUT2D eigenvalue weighted by atomic mass is 16.5. The third kappa shape index (κ3) is 12.4. The van der Waals surface area contributed by atoms with Gasteiger partial charge < -0.3 is 20.1 Å². The number of aliphatic carboxylic acids is 3. The maximum atomic E-state index is 11.0. The molecule has 1 saturated carbocycles. The zero-order valence-electron chi connectivity index (χ0n) is 11.8. The van der Waals surface area contributed by atoms with Crippen molar-refractivity contribution in [2.45, 2.75) is 38.2 Å². The Morgan fingerprint density at radius 2 is 1.14 bits per heavy atom. The normalized spacial score (nSPS) is 15.1. The Hall–Kier alpha value is -2.64. The zero-order chi connectivity index (χ0) is 17.0. The molecule has 122 valence electrons. The van der Waals surface area contributed by atoms with Gasteiger partial charge in [0, 0.05) is 24.3 Å². The summed E-state index contributed by atoms with van der Waals surface area (Å²) < 4.78 is 5.05. The van der Waals surface area contributed by atoms with Crippen LogP contribution in [-0.4, -0.2) is 45.3 Å². The van der Waals surface area contributed by atoms with Crippen LogP contribution in [0.2, 0.25) is 0 Å². The molecule has 0 saturated heterocycles. The molecule has 0 atom stereocenters. The SMILES string of the molecule is O=C(O)/C=C\C(=O)O.O=C(O)/C=C\C(=O)OC1CCCCC1. The van der Waals surface area contributed by atoms with E-state index >= 15 is 0 Å². The number of carboxylic acids is 3. The van der Waals surface area contributed by atoms with Gasteiger partial charge in [0.25, 0.3) is 0 Å². The second-order valence-corrected chi connectivity index (χ2v) is 4.38. The Morgan fingerprint density at radius 1 is 0.727 bits per heavy atom. The fraction of sp³-hybridized carbons (Fsp3) is 0.429. The summed E-state index contributed by atoms with van der Waals surface area (Å²) in [6, 6.07) is 0. The van der Waals surface area contributed by atoms with Crippen molar-refractivity contribution >= 4 is 23.9 Å². The van der Waals surface area contributed by atoms with Crippen LogP contribution in [0.25, 0.3) is 0 Å². The van der Waals surface area contributed by atoms with Crippen LogP contribution in [0.5, 0.6) is 0 Å². The lowest BCUT2D eigenvalue weighted by Gasteiger charge is -2.20. The maximum Gasteiger partial charge on any atom is 0.331 e. The first kappa shape index (κ1) is 19.4. The van der Waals surface area contributed by atoms with E-state index in [-0.39, 0.29) is 6.10 Å². The molecule has 0 amide bonds. The van der Waals surface area contributed by atoms with Crippen molar-refractivity contribution in [1.82, 2.24) is 0 Å². The summed E-state index contributed by atoms with van der Waals surface area (Å²) in [5.74, 6) is -4.20. The molecule has 3 N–H and O–H groups in total. The standard InChI is InChI=1S/C10H14O4.C4H4O4/c11-9(12)6-7-10(13)14-8-4-2-1-3-5-8;5-3(6)1-2-4(7)8/h6-8H,1-5H2,(H,11,12);1-2H,(H,5,6)(H,7,8)/b7-6-;2-1-. The first-order valence-corrected chi connectivity index (χ1v) is 6.57. The van der Waals surface area contributed by atoms with Gasteiger partial charge in [-0.1, -0.05) is 6.42 Å². The molecule has 22 heavy (non-hydrogen) atoms. The average Bonchev–Trinajstić information content (AvgIpc) is 2.45. The van der Waals surface area contributed by atoms with Crippen LogP contribution < -0.4 is 0 Å². The summed E-state index contributed by atoms with van der Waals surface area (Å²) in [6.07, 6.45) is 8.00. The van der Waals surface area contributed by atoms with Gasteiger partial charge in [0.15, 0.2) is 0 Å². The van der Waals surface area contributed by atoms with E-state index in [0.717, 1.165) is 37.8 Å². The highest BCUT2D eigenvalue weighted by molar-refractivity contribution is 5.91. The predicted molar refractivity (Wildman–Crippen MR) is 74.2 cm³/mol. The molecule has 0 aromatic rings. The van der Waals surface area contributed by atoms with E-state index in [1.165, 1.54) is 6.42 Å². The molecule has 0 spiro atoms. The van der Waals surface area contributed by atoms with E-state index in [0.29, 0.717) is 12.2 Å². The molecule has 1 fully saturated rings. The minimum Gasteiger partial charge on any atom is -0.478 e. The van der Waals surface area contributed by atoms with E-state index in [9.17, 15) is 19.2 Å². The predicted octanol–water partition coefficient (Wildman–Crippen LogP) is 1.21. The van der Waals surface area contributed by atoms with Crippen LogP contribution in [0.15, 0.2) is 24.3 Å². The Morgan fingerprint density at radius 3 is 1.55 bits per heavy atom. The second kappa shape index (κ2) is 11.1. The number of carbonyl (C=O) groups excluding carboxylic acids is 1. The van der Waals surface area contributed by atoms with Crippen LogP contribution in [-0.2, 0) is 23.9 Å². The van der Waals surface area contributed by atoms with Gasteiger partial charge in [-0.25, -0.2) is 19.2 Å². The smallest absolute Gasteiger partial charge is 0.331 e. The zero-order valence-corrected chi connectivity index (χ0v) is 11.8. The van der Waals surface area contributed by atoms with E-state index < -0.39 is 23.9 Å². The number of hydrogen-bond acceptors (Lipinski definition) is 5. The third-order valence-electron chi connectivity index (χ3n) is 2.57. The number of rotatable bonds is 5. The summed E-state index contributed by atoms with van der Waals surface area (Å²) in [6.45, 7) is 0. The monoisotopic (exact) mass is 314 g/mol. The van der Waals surface area contributed by atoms with Gasteiger partial charge in [-0.05, 0) is 25.7 Å². The average molecular weight is 314 g/mol. The number of carbonyl (C=O) groups is 4. The lowest BCUT2D eigenvalue weighted by atomic mass is 9.98. The molecule has 8 nitrogen and oxygen atoms in total. The van der Waals surface area contributed by atoms with Crippen LogP contribution in [0.3, 0.4) is 0 Å². The topological polar surface area (TPSA) is 138 Å². The van der Waals surface area contributed by atoms with Gasteiger partial charge >= 0.3 is 23.9 Å². The van der Waals surface area contributed by atoms with Gasteiger partial charge in [0.1, 0.15) is 6.10 Å². The van der Waals surface area contributed by atoms with Crippen molar-refractivity contribution in [1.29, 1.82) is 0 Å². The summed E-state index contributed by atoms with van der Waals surface area (Å²) in [4.78, 5) is 40.3. The Labute approximate surface area is 126 Å². The van der Waals surface area contributed by atoms with Gasteiger partial charge in [-0.3, -0.25) is 0 Å². The fourth-order valence-corrected chi connectivity index (χ4v) is 1.67. The Kier molecular flexibility index (Phi) is 9.74. The largest absolute Gasteiger partial charge is 0.478 e. The highest BCUT2D eigenvalue weighted by Gasteiger charge is 2.16. The maximum absolute atomic E-state index is 11.0. The summed E-state index contributed by atoms with van der Waals surface area (Å²) >= 11 is 0. The molecule has 0 bridgehead atoms. The molecule has 0 aromatic heterocycles. The second-order valence-electron chi connectivity index (χ2n) is 4.38. The van der Waals surface area contributed by atoms with Crippen molar-refractivity contribution < 1.29 is 39.2 Å². The quantitative estimate of drug-likeness (QED) is 0.508. The molecular formula is C14H18O8. The minimum absolute atomic E-state index is 0.0188. The molecule has 0 heterocycles. The number of ether oxygens (including phenoxy) is 1. The number of esters is 1. The highest BCUT2D eigenvalue weighted by Crippen LogP contribution is 2.20. The number of carboxylic acid groups (broad SMARTS) is 3. The molecule has 8 heteroatoms. The van der Waals surface area contributed by atoms with Crippen LogP contribution in [0.1, 0.15) is 32.1 Å².